The Kier molecular flexibility index (Phi) is 10.7. The van der Waals surface area contributed by atoms with Gasteiger partial charge in [-0.15, -0.1) is 6.42 Å². The summed E-state index contributed by atoms with van der Waals surface area (Å²) in [5.74, 6) is 2.53. The summed E-state index contributed by atoms with van der Waals surface area (Å²) in [6.07, 6.45) is 19.1. The van der Waals surface area contributed by atoms with Gasteiger partial charge in [-0.25, -0.2) is 0 Å². The number of rotatable bonds is 0. The van der Waals surface area contributed by atoms with Gasteiger partial charge >= 0.3 is 0 Å². The largest absolute Gasteiger partial charge is 0.115 e. The summed E-state index contributed by atoms with van der Waals surface area (Å²) >= 11 is 0. The first-order valence-corrected chi connectivity index (χ1v) is 5.77. The quantitative estimate of drug-likeness (QED) is 0.564. The van der Waals surface area contributed by atoms with Gasteiger partial charge in [0.15, 0.2) is 0 Å². The predicted molar refractivity (Wildman–Crippen MR) is 71.1 cm³/mol. The monoisotopic (exact) mass is 405 g/mol. The van der Waals surface area contributed by atoms with Crippen LogP contribution in [0.1, 0.15) is 31.2 Å². The van der Waals surface area contributed by atoms with Crippen LogP contribution in [0.25, 0.3) is 0 Å². The van der Waals surface area contributed by atoms with Crippen molar-refractivity contribution in [3.05, 3.63) is 60.2 Å². The molecule has 0 spiro atoms. The number of allylic oxidation sites excluding steroid dienone is 4. The standard InChI is InChI=1S/C8H6.C8H12.Pt/c1-2-8-6-4-3-5-7-8;1-2-4-6-8-7-5-3-1;/h1,3-7H;1-4H,5-8H2;. The van der Waals surface area contributed by atoms with Crippen molar-refractivity contribution in [2.75, 3.05) is 0 Å². The Morgan fingerprint density at radius 2 is 1.41 bits per heavy atom. The third-order valence-electron chi connectivity index (χ3n) is 2.32. The molecule has 1 aromatic rings. The molecular weight excluding hydrogens is 387 g/mol. The second-order valence-corrected chi connectivity index (χ2v) is 3.65. The van der Waals surface area contributed by atoms with Crippen LogP contribution in [-0.4, -0.2) is 0 Å². The first-order chi connectivity index (χ1) is 7.93. The van der Waals surface area contributed by atoms with Gasteiger partial charge in [-0.1, -0.05) is 48.4 Å². The molecule has 0 fully saturated rings. The van der Waals surface area contributed by atoms with Crippen molar-refractivity contribution in [2.45, 2.75) is 25.7 Å². The Labute approximate surface area is 119 Å². The maximum Gasteiger partial charge on any atom is 0.0242 e. The maximum absolute atomic E-state index is 5.10. The minimum atomic E-state index is 0. The molecule has 0 atom stereocenters. The first-order valence-electron chi connectivity index (χ1n) is 5.77. The van der Waals surface area contributed by atoms with Gasteiger partial charge in [0.05, 0.1) is 0 Å². The third kappa shape index (κ3) is 8.73. The van der Waals surface area contributed by atoms with E-state index in [4.69, 9.17) is 6.42 Å². The predicted octanol–water partition coefficient (Wildman–Crippen LogP) is 4.34. The number of terminal acetylenes is 1. The smallest absolute Gasteiger partial charge is 0.0242 e. The molecule has 1 heteroatoms. The van der Waals surface area contributed by atoms with E-state index in [-0.39, 0.29) is 21.1 Å². The zero-order chi connectivity index (χ0) is 11.5. The van der Waals surface area contributed by atoms with Crippen LogP contribution in [0.4, 0.5) is 0 Å². The van der Waals surface area contributed by atoms with Crippen LogP contribution in [0.5, 0.6) is 0 Å². The fraction of sp³-hybridized carbons (Fsp3) is 0.250. The van der Waals surface area contributed by atoms with Gasteiger partial charge < -0.3 is 0 Å². The van der Waals surface area contributed by atoms with Crippen LogP contribution in [0, 0.1) is 12.3 Å². The second-order valence-electron chi connectivity index (χ2n) is 3.65. The molecular formula is C16H18Pt. The molecule has 0 radical (unpaired) electrons. The zero-order valence-corrected chi connectivity index (χ0v) is 12.2. The summed E-state index contributed by atoms with van der Waals surface area (Å²) in [7, 11) is 0. The first kappa shape index (κ1) is 15.9. The summed E-state index contributed by atoms with van der Waals surface area (Å²) in [5.41, 5.74) is 0.938. The Hall–Kier alpha value is -1.05. The average Bonchev–Trinajstić information content (AvgIpc) is 2.30. The maximum atomic E-state index is 5.10. The molecule has 17 heavy (non-hydrogen) atoms. The summed E-state index contributed by atoms with van der Waals surface area (Å²) in [6, 6.07) is 9.60. The van der Waals surface area contributed by atoms with E-state index in [9.17, 15) is 0 Å². The molecule has 0 heterocycles. The van der Waals surface area contributed by atoms with E-state index in [1.54, 1.807) is 0 Å². The van der Waals surface area contributed by atoms with Crippen molar-refractivity contribution < 1.29 is 21.1 Å². The van der Waals surface area contributed by atoms with Gasteiger partial charge in [-0.2, -0.15) is 0 Å². The molecule has 0 aliphatic heterocycles. The van der Waals surface area contributed by atoms with Crippen LogP contribution in [-0.2, 0) is 21.1 Å². The Balaban J connectivity index is 0.000000284. The molecule has 2 rings (SSSR count). The molecule has 0 bridgehead atoms. The van der Waals surface area contributed by atoms with Gasteiger partial charge in [0.1, 0.15) is 0 Å². The zero-order valence-electron chi connectivity index (χ0n) is 9.92. The SMILES string of the molecule is C#Cc1ccccc1.C1=CCCCCC=C1.[Pt]. The molecule has 0 saturated heterocycles. The minimum Gasteiger partial charge on any atom is -0.115 e. The molecule has 0 unspecified atom stereocenters. The molecule has 1 aromatic carbocycles. The summed E-state index contributed by atoms with van der Waals surface area (Å²) in [6.45, 7) is 0. The van der Waals surface area contributed by atoms with Crippen LogP contribution in [0.3, 0.4) is 0 Å². The van der Waals surface area contributed by atoms with Crippen LogP contribution in [0.15, 0.2) is 54.6 Å². The van der Waals surface area contributed by atoms with Gasteiger partial charge in [-0.05, 0) is 37.8 Å². The van der Waals surface area contributed by atoms with E-state index in [1.807, 2.05) is 30.3 Å². The van der Waals surface area contributed by atoms with E-state index >= 15 is 0 Å². The van der Waals surface area contributed by atoms with E-state index in [2.05, 4.69) is 30.2 Å². The molecule has 0 aromatic heterocycles. The minimum absolute atomic E-state index is 0. The topological polar surface area (TPSA) is 0 Å². The fourth-order valence-corrected chi connectivity index (χ4v) is 1.41. The summed E-state index contributed by atoms with van der Waals surface area (Å²) < 4.78 is 0. The average molecular weight is 405 g/mol. The van der Waals surface area contributed by atoms with E-state index in [0.717, 1.165) is 5.56 Å². The Bertz CT molecular complexity index is 354. The summed E-state index contributed by atoms with van der Waals surface area (Å²) in [5, 5.41) is 0. The van der Waals surface area contributed by atoms with Crippen molar-refractivity contribution in [1.82, 2.24) is 0 Å². The Morgan fingerprint density at radius 1 is 0.882 bits per heavy atom. The van der Waals surface area contributed by atoms with Crippen LogP contribution in [0.2, 0.25) is 0 Å². The molecule has 0 N–H and O–H groups in total. The van der Waals surface area contributed by atoms with E-state index < -0.39 is 0 Å². The molecule has 1 aliphatic carbocycles. The number of hydrogen-bond acceptors (Lipinski definition) is 0. The van der Waals surface area contributed by atoms with Crippen molar-refractivity contribution >= 4 is 0 Å². The van der Waals surface area contributed by atoms with Crippen molar-refractivity contribution in [2.24, 2.45) is 0 Å². The molecule has 0 amide bonds. The molecule has 92 valence electrons. The van der Waals surface area contributed by atoms with Crippen LogP contribution < -0.4 is 0 Å². The molecule has 1 aliphatic rings. The normalized spacial score (nSPS) is 13.1. The molecule has 0 nitrogen and oxygen atoms in total. The van der Waals surface area contributed by atoms with Gasteiger partial charge in [0, 0.05) is 26.6 Å². The number of benzene rings is 1. The van der Waals surface area contributed by atoms with Crippen molar-refractivity contribution in [3.8, 4) is 12.3 Å². The third-order valence-corrected chi connectivity index (χ3v) is 2.32. The fourth-order valence-electron chi connectivity index (χ4n) is 1.41. The van der Waals surface area contributed by atoms with Crippen LogP contribution >= 0.6 is 0 Å². The van der Waals surface area contributed by atoms with E-state index in [0.29, 0.717) is 0 Å². The number of hydrogen-bond donors (Lipinski definition) is 0. The van der Waals surface area contributed by atoms with Crippen molar-refractivity contribution in [3.63, 3.8) is 0 Å². The van der Waals surface area contributed by atoms with Gasteiger partial charge in [0.25, 0.3) is 0 Å². The molecule has 0 saturated carbocycles. The summed E-state index contributed by atoms with van der Waals surface area (Å²) in [4.78, 5) is 0. The van der Waals surface area contributed by atoms with E-state index in [1.165, 1.54) is 25.7 Å². The Morgan fingerprint density at radius 3 is 1.82 bits per heavy atom. The van der Waals surface area contributed by atoms with Gasteiger partial charge in [-0.3, -0.25) is 0 Å². The van der Waals surface area contributed by atoms with Crippen molar-refractivity contribution in [1.29, 1.82) is 0 Å². The van der Waals surface area contributed by atoms with Gasteiger partial charge in [0.2, 0.25) is 0 Å². The second kappa shape index (κ2) is 11.4.